The average Bonchev–Trinajstić information content (AvgIpc) is 0.811. The Balaban J connectivity index is -0.0000000150. The maximum absolute atomic E-state index is 8.56. The van der Waals surface area contributed by atoms with Gasteiger partial charge in [-0.15, -0.1) is 0 Å². The Hall–Kier alpha value is 0.390. The van der Waals surface area contributed by atoms with Crippen molar-refractivity contribution in [3.05, 3.63) is 0 Å². The van der Waals surface area contributed by atoms with Gasteiger partial charge in [-0.1, -0.05) is 0 Å². The third-order valence-electron chi connectivity index (χ3n) is 0. The molecule has 0 aromatic carbocycles. The Kier molecular flexibility index (Phi) is 60.6. The van der Waals surface area contributed by atoms with Crippen LogP contribution in [0.4, 0.5) is 14.2 Å². The van der Waals surface area contributed by atoms with Crippen LogP contribution in [-0.2, 0) is 0 Å². The maximum atomic E-state index is 8.56. The minimum absolute atomic E-state index is 0. The number of hydrogen-bond acceptors (Lipinski definition) is 1. The molecule has 7 heavy (non-hydrogen) atoms. The van der Waals surface area contributed by atoms with Crippen LogP contribution in [0.3, 0.4) is 0 Å². The SMILES string of the molecule is F.F.O=C(O)O.[CaH2]. The second-order valence-electron chi connectivity index (χ2n) is 0.283. The molecule has 0 aromatic rings. The number of halogens is 2. The first kappa shape index (κ1) is 26.3. The van der Waals surface area contributed by atoms with E-state index in [1.807, 2.05) is 0 Å². The Morgan fingerprint density at radius 2 is 1.14 bits per heavy atom. The van der Waals surface area contributed by atoms with Gasteiger partial charge in [0.15, 0.2) is 0 Å². The van der Waals surface area contributed by atoms with Crippen molar-refractivity contribution in [1.29, 1.82) is 0 Å². The van der Waals surface area contributed by atoms with E-state index < -0.39 is 6.16 Å². The summed E-state index contributed by atoms with van der Waals surface area (Å²) in [7, 11) is 0. The van der Waals surface area contributed by atoms with E-state index >= 15 is 0 Å². The summed E-state index contributed by atoms with van der Waals surface area (Å²) in [4.78, 5) is 8.56. The van der Waals surface area contributed by atoms with E-state index in [9.17, 15) is 0 Å². The van der Waals surface area contributed by atoms with Gasteiger partial charge in [0.25, 0.3) is 0 Å². The number of carboxylic acid groups (broad SMARTS) is 2. The van der Waals surface area contributed by atoms with E-state index in [1.54, 1.807) is 0 Å². The van der Waals surface area contributed by atoms with Crippen molar-refractivity contribution >= 4 is 43.9 Å². The molecule has 0 bridgehead atoms. The Morgan fingerprint density at radius 3 is 1.14 bits per heavy atom. The molecule has 6 heteroatoms. The number of carbonyl (C=O) groups is 1. The summed E-state index contributed by atoms with van der Waals surface area (Å²) in [5, 5.41) is 13.9. The van der Waals surface area contributed by atoms with Gasteiger partial charge in [-0.25, -0.2) is 4.79 Å². The summed E-state index contributed by atoms with van der Waals surface area (Å²) >= 11 is 0. The zero-order valence-corrected chi connectivity index (χ0v) is 2.62. The molecule has 0 saturated carbocycles. The fourth-order valence-electron chi connectivity index (χ4n) is 0. The molecule has 0 atom stereocenters. The summed E-state index contributed by atoms with van der Waals surface area (Å²) in [5.74, 6) is 0. The Morgan fingerprint density at radius 1 is 1.14 bits per heavy atom. The van der Waals surface area contributed by atoms with E-state index in [-0.39, 0.29) is 47.1 Å². The predicted molar refractivity (Wildman–Crippen MR) is 24.2 cm³/mol. The van der Waals surface area contributed by atoms with Gasteiger partial charge in [-0.05, 0) is 0 Å². The van der Waals surface area contributed by atoms with Crippen molar-refractivity contribution in [1.82, 2.24) is 0 Å². The van der Waals surface area contributed by atoms with Gasteiger partial charge in [0.1, 0.15) is 0 Å². The topological polar surface area (TPSA) is 57.5 Å². The summed E-state index contributed by atoms with van der Waals surface area (Å²) in [6.45, 7) is 0. The molecule has 0 amide bonds. The molecule has 0 spiro atoms. The Labute approximate surface area is 68.1 Å². The quantitative estimate of drug-likeness (QED) is 0.455. The molecule has 44 valence electrons. The predicted octanol–water partition coefficient (Wildman–Crippen LogP) is -0.389. The van der Waals surface area contributed by atoms with Gasteiger partial charge >= 0.3 is 43.9 Å². The van der Waals surface area contributed by atoms with Crippen molar-refractivity contribution in [2.45, 2.75) is 0 Å². The molecule has 0 radical (unpaired) electrons. The molecular weight excluding hydrogens is 138 g/mol. The second kappa shape index (κ2) is 16.2. The van der Waals surface area contributed by atoms with E-state index in [0.29, 0.717) is 0 Å². The second-order valence-corrected chi connectivity index (χ2v) is 0.283. The first-order valence-corrected chi connectivity index (χ1v) is 0.651. The summed E-state index contributed by atoms with van der Waals surface area (Å²) in [6.07, 6.45) is -1.83. The van der Waals surface area contributed by atoms with Crippen LogP contribution < -0.4 is 0 Å². The van der Waals surface area contributed by atoms with E-state index in [0.717, 1.165) is 0 Å². The molecule has 0 unspecified atom stereocenters. The first-order valence-electron chi connectivity index (χ1n) is 0.651. The van der Waals surface area contributed by atoms with Crippen molar-refractivity contribution in [3.8, 4) is 0 Å². The minimum atomic E-state index is -1.83. The van der Waals surface area contributed by atoms with Gasteiger partial charge in [-0.3, -0.25) is 9.41 Å². The zero-order valence-electron chi connectivity index (χ0n) is 2.62. The van der Waals surface area contributed by atoms with Crippen LogP contribution in [0, 0.1) is 0 Å². The van der Waals surface area contributed by atoms with E-state index in [2.05, 4.69) is 0 Å². The van der Waals surface area contributed by atoms with Crippen LogP contribution in [0.1, 0.15) is 0 Å². The summed E-state index contributed by atoms with van der Waals surface area (Å²) < 4.78 is 0. The summed E-state index contributed by atoms with van der Waals surface area (Å²) in [6, 6.07) is 0. The third kappa shape index (κ3) is 811. The molecule has 0 heterocycles. The van der Waals surface area contributed by atoms with Crippen LogP contribution in [-0.4, -0.2) is 54.1 Å². The molecule has 0 rings (SSSR count). The van der Waals surface area contributed by atoms with Crippen LogP contribution in [0.25, 0.3) is 0 Å². The van der Waals surface area contributed by atoms with Gasteiger partial charge in [0.05, 0.1) is 0 Å². The fourth-order valence-corrected chi connectivity index (χ4v) is 0. The van der Waals surface area contributed by atoms with Crippen molar-refractivity contribution in [3.63, 3.8) is 0 Å². The van der Waals surface area contributed by atoms with Crippen LogP contribution in [0.15, 0.2) is 0 Å². The first-order chi connectivity index (χ1) is 1.73. The molecular formula is CH6CaF2O3. The average molecular weight is 144 g/mol. The molecule has 0 aliphatic heterocycles. The molecule has 2 N–H and O–H groups in total. The van der Waals surface area contributed by atoms with E-state index in [4.69, 9.17) is 15.0 Å². The van der Waals surface area contributed by atoms with Crippen molar-refractivity contribution in [2.24, 2.45) is 0 Å². The molecule has 0 aromatic heterocycles. The Bertz CT molecular complexity index is 35.9. The molecule has 0 aliphatic rings. The monoisotopic (exact) mass is 144 g/mol. The van der Waals surface area contributed by atoms with Crippen LogP contribution >= 0.6 is 0 Å². The fraction of sp³-hybridized carbons (Fsp3) is 0. The van der Waals surface area contributed by atoms with Crippen molar-refractivity contribution < 1.29 is 24.4 Å². The van der Waals surface area contributed by atoms with Crippen molar-refractivity contribution in [2.75, 3.05) is 0 Å². The van der Waals surface area contributed by atoms with Crippen LogP contribution in [0.2, 0.25) is 0 Å². The third-order valence-corrected chi connectivity index (χ3v) is 0. The molecule has 0 saturated heterocycles. The molecule has 0 fully saturated rings. The normalized spacial score (nSPS) is 3.43. The van der Waals surface area contributed by atoms with Gasteiger partial charge in [0.2, 0.25) is 0 Å². The van der Waals surface area contributed by atoms with Gasteiger partial charge in [0, 0.05) is 0 Å². The molecule has 0 aliphatic carbocycles. The summed E-state index contributed by atoms with van der Waals surface area (Å²) in [5.41, 5.74) is 0. The van der Waals surface area contributed by atoms with Gasteiger partial charge in [-0.2, -0.15) is 0 Å². The van der Waals surface area contributed by atoms with E-state index in [1.165, 1.54) is 0 Å². The van der Waals surface area contributed by atoms with Crippen LogP contribution in [0.5, 0.6) is 0 Å². The molecule has 3 nitrogen and oxygen atoms in total. The number of hydrogen-bond donors (Lipinski definition) is 2. The zero-order chi connectivity index (χ0) is 3.58. The number of rotatable bonds is 0. The standard InChI is InChI=1S/CH2O3.Ca.2FH.2H/c2-1(3)4;;;;;/h(H2,2,3,4);;2*1H;;. The van der Waals surface area contributed by atoms with Gasteiger partial charge < -0.3 is 10.2 Å².